The normalized spacial score (nSPS) is 27.4. The van der Waals surface area contributed by atoms with Gasteiger partial charge in [-0.1, -0.05) is 49.4 Å². The third-order valence-electron chi connectivity index (χ3n) is 10.8. The van der Waals surface area contributed by atoms with Crippen LogP contribution in [0.4, 0.5) is 0 Å². The number of nitrogens with one attached hydrogen (secondary N) is 1. The first-order chi connectivity index (χ1) is 24.7. The number of ether oxygens (including phenoxy) is 4. The van der Waals surface area contributed by atoms with Gasteiger partial charge in [-0.05, 0) is 31.2 Å². The molecule has 0 radical (unpaired) electrons. The van der Waals surface area contributed by atoms with E-state index in [1.807, 2.05) is 37.3 Å². The predicted octanol–water partition coefficient (Wildman–Crippen LogP) is 1.86. The maximum Gasteiger partial charge on any atom is 0.313 e. The van der Waals surface area contributed by atoms with Crippen molar-refractivity contribution in [3.63, 3.8) is 0 Å². The molecule has 0 unspecified atom stereocenters. The SMILES string of the molecule is C=CCCC(=O)N[C@@H](COC)[C@@H](OC(=O)[C@@H]1[C@H]2C(=O)N([C@@H](CC)CO)[C@H](C(=O)N(CC=C)CCN3CCOCC3)[C@]23CC[C@H]1O3)c1ccccc1. The van der Waals surface area contributed by atoms with Crippen LogP contribution < -0.4 is 5.32 Å². The number of allylic oxidation sites excluding steroid dienone is 1. The summed E-state index contributed by atoms with van der Waals surface area (Å²) in [5.41, 5.74) is -0.619. The fraction of sp³-hybridized carbons (Fsp3) is 0.632. The van der Waals surface area contributed by atoms with Crippen LogP contribution in [0, 0.1) is 11.8 Å². The van der Waals surface area contributed by atoms with Crippen LogP contribution in [0.15, 0.2) is 55.6 Å². The number of carbonyl (C=O) groups is 4. The van der Waals surface area contributed by atoms with Crippen molar-refractivity contribution < 1.29 is 43.2 Å². The number of hydrogen-bond donors (Lipinski definition) is 2. The van der Waals surface area contributed by atoms with E-state index >= 15 is 0 Å². The topological polar surface area (TPSA) is 147 Å². The van der Waals surface area contributed by atoms with Gasteiger partial charge in [0, 0.05) is 46.3 Å². The average molecular weight is 711 g/mol. The van der Waals surface area contributed by atoms with Crippen LogP contribution in [0.2, 0.25) is 0 Å². The zero-order chi connectivity index (χ0) is 36.5. The minimum atomic E-state index is -1.27. The highest BCUT2D eigenvalue weighted by Gasteiger charge is 2.75. The van der Waals surface area contributed by atoms with Gasteiger partial charge in [0.05, 0.1) is 56.5 Å². The molecule has 0 aliphatic carbocycles. The lowest BCUT2D eigenvalue weighted by Gasteiger charge is -2.39. The van der Waals surface area contributed by atoms with Crippen molar-refractivity contribution in [1.29, 1.82) is 0 Å². The molecule has 2 N–H and O–H groups in total. The second-order valence-electron chi connectivity index (χ2n) is 13.8. The summed E-state index contributed by atoms with van der Waals surface area (Å²) in [6.45, 7) is 13.2. The van der Waals surface area contributed by atoms with E-state index in [0.29, 0.717) is 57.6 Å². The van der Waals surface area contributed by atoms with Crippen molar-refractivity contribution in [3.05, 3.63) is 61.2 Å². The maximum absolute atomic E-state index is 14.7. The highest BCUT2D eigenvalue weighted by molar-refractivity contribution is 5.98. The van der Waals surface area contributed by atoms with Crippen molar-refractivity contribution in [2.75, 3.05) is 66.3 Å². The van der Waals surface area contributed by atoms with E-state index in [4.69, 9.17) is 18.9 Å². The van der Waals surface area contributed by atoms with Crippen molar-refractivity contribution in [2.24, 2.45) is 11.8 Å². The van der Waals surface area contributed by atoms with E-state index in [1.165, 1.54) is 12.0 Å². The molecule has 1 aromatic carbocycles. The number of hydrogen-bond acceptors (Lipinski definition) is 10. The molecule has 1 spiro atoms. The Morgan fingerprint density at radius 1 is 1.18 bits per heavy atom. The molecule has 8 atom stereocenters. The Kier molecular flexibility index (Phi) is 13.4. The van der Waals surface area contributed by atoms with Crippen LogP contribution in [0.3, 0.4) is 0 Å². The van der Waals surface area contributed by atoms with Gasteiger partial charge in [0.1, 0.15) is 17.7 Å². The van der Waals surface area contributed by atoms with Crippen LogP contribution in [0.1, 0.15) is 50.7 Å². The minimum Gasteiger partial charge on any atom is -0.455 e. The largest absolute Gasteiger partial charge is 0.455 e. The molecule has 1 aromatic rings. The molecular formula is C38H54N4O9. The monoisotopic (exact) mass is 710 g/mol. The zero-order valence-electron chi connectivity index (χ0n) is 30.0. The third kappa shape index (κ3) is 8.07. The molecular weight excluding hydrogens is 656 g/mol. The summed E-state index contributed by atoms with van der Waals surface area (Å²) in [5, 5.41) is 13.4. The molecule has 5 rings (SSSR count). The van der Waals surface area contributed by atoms with E-state index in [-0.39, 0.29) is 38.0 Å². The Balaban J connectivity index is 1.45. The number of benzene rings is 1. The summed E-state index contributed by atoms with van der Waals surface area (Å²) in [6.07, 6.45) is 3.71. The Labute approximate surface area is 300 Å². The van der Waals surface area contributed by atoms with Crippen molar-refractivity contribution >= 4 is 23.7 Å². The molecule has 0 saturated carbocycles. The molecule has 4 heterocycles. The first-order valence-corrected chi connectivity index (χ1v) is 18.2. The highest BCUT2D eigenvalue weighted by atomic mass is 16.6. The number of aliphatic hydroxyl groups is 1. The molecule has 2 bridgehead atoms. The van der Waals surface area contributed by atoms with E-state index in [0.717, 1.165) is 13.1 Å². The third-order valence-corrected chi connectivity index (χ3v) is 10.8. The molecule has 4 fully saturated rings. The number of aliphatic hydroxyl groups excluding tert-OH is 1. The number of fused-ring (bicyclic) bond motifs is 1. The molecule has 4 saturated heterocycles. The summed E-state index contributed by atoms with van der Waals surface area (Å²) < 4.78 is 23.9. The number of esters is 1. The Hall–Kier alpha value is -3.62. The van der Waals surface area contributed by atoms with Gasteiger partial charge in [0.2, 0.25) is 17.7 Å². The molecule has 4 aliphatic heterocycles. The van der Waals surface area contributed by atoms with Crippen LogP contribution in [-0.4, -0.2) is 140 Å². The highest BCUT2D eigenvalue weighted by Crippen LogP contribution is 2.59. The van der Waals surface area contributed by atoms with Gasteiger partial charge in [-0.3, -0.25) is 24.1 Å². The van der Waals surface area contributed by atoms with E-state index in [9.17, 15) is 24.3 Å². The minimum absolute atomic E-state index is 0.0617. The Morgan fingerprint density at radius 2 is 1.92 bits per heavy atom. The molecule has 280 valence electrons. The first-order valence-electron chi connectivity index (χ1n) is 18.2. The Bertz CT molecular complexity index is 1380. The molecule has 51 heavy (non-hydrogen) atoms. The number of methoxy groups -OCH3 is 1. The van der Waals surface area contributed by atoms with Crippen molar-refractivity contribution in [1.82, 2.24) is 20.0 Å². The summed E-state index contributed by atoms with van der Waals surface area (Å²) in [4.78, 5) is 62.1. The van der Waals surface area contributed by atoms with E-state index in [1.54, 1.807) is 17.1 Å². The molecule has 4 aliphatic rings. The number of rotatable bonds is 19. The second-order valence-corrected chi connectivity index (χ2v) is 13.8. The van der Waals surface area contributed by atoms with Gasteiger partial charge in [0.15, 0.2) is 0 Å². The van der Waals surface area contributed by atoms with Crippen molar-refractivity contribution in [3.8, 4) is 0 Å². The van der Waals surface area contributed by atoms with Gasteiger partial charge in [0.25, 0.3) is 0 Å². The van der Waals surface area contributed by atoms with Gasteiger partial charge in [-0.15, -0.1) is 13.2 Å². The molecule has 13 heteroatoms. The van der Waals surface area contributed by atoms with Crippen LogP contribution in [0.5, 0.6) is 0 Å². The molecule has 3 amide bonds. The molecule has 0 aromatic heterocycles. The maximum atomic E-state index is 14.7. The zero-order valence-corrected chi connectivity index (χ0v) is 30.0. The molecule has 13 nitrogen and oxygen atoms in total. The summed E-state index contributed by atoms with van der Waals surface area (Å²) in [7, 11) is 1.51. The fourth-order valence-electron chi connectivity index (χ4n) is 8.28. The number of amides is 3. The lowest BCUT2D eigenvalue weighted by molar-refractivity contribution is -0.163. The lowest BCUT2D eigenvalue weighted by Crippen LogP contribution is -2.59. The van der Waals surface area contributed by atoms with E-state index in [2.05, 4.69) is 23.4 Å². The summed E-state index contributed by atoms with van der Waals surface area (Å²) >= 11 is 0. The van der Waals surface area contributed by atoms with Gasteiger partial charge >= 0.3 is 5.97 Å². The van der Waals surface area contributed by atoms with Gasteiger partial charge in [-0.25, -0.2) is 0 Å². The number of likely N-dealkylation sites (tertiary alicyclic amines) is 1. The van der Waals surface area contributed by atoms with Gasteiger partial charge < -0.3 is 39.2 Å². The standard InChI is InChI=1S/C38H54N4O9/c1-5-8-14-30(44)39-28(25-48-4)33(26-12-10-9-11-13-26)50-37(47)31-29-15-16-38(51-29)32(31)35(45)42(27(7-3)24-43)34(38)36(46)41(17-6-2)19-18-40-20-22-49-23-21-40/h5-6,9-13,27-29,31-34,43H,1-2,7-8,14-25H2,3-4H3,(H,39,44)/t27-,28-,29+,31-,32-,33-,34+,38-/m0/s1. The van der Waals surface area contributed by atoms with Gasteiger partial charge in [-0.2, -0.15) is 0 Å². The quantitative estimate of drug-likeness (QED) is 0.161. The number of carbonyl (C=O) groups excluding carboxylic acids is 4. The van der Waals surface area contributed by atoms with Crippen LogP contribution >= 0.6 is 0 Å². The van der Waals surface area contributed by atoms with Crippen LogP contribution in [-0.2, 0) is 38.1 Å². The van der Waals surface area contributed by atoms with Crippen LogP contribution in [0.25, 0.3) is 0 Å². The number of nitrogens with zero attached hydrogens (tertiary/aromatic N) is 3. The first kappa shape index (κ1) is 38.6. The van der Waals surface area contributed by atoms with Crippen molar-refractivity contribution in [2.45, 2.75) is 75.0 Å². The second kappa shape index (κ2) is 17.7. The summed E-state index contributed by atoms with van der Waals surface area (Å²) in [5.74, 6) is -3.54. The lowest BCUT2D eigenvalue weighted by atomic mass is 9.70. The smallest absolute Gasteiger partial charge is 0.313 e. The Morgan fingerprint density at radius 3 is 2.57 bits per heavy atom. The predicted molar refractivity (Wildman–Crippen MR) is 188 cm³/mol. The number of morpholine rings is 1. The summed E-state index contributed by atoms with van der Waals surface area (Å²) in [6, 6.07) is 6.69. The fourth-order valence-corrected chi connectivity index (χ4v) is 8.28. The average Bonchev–Trinajstić information content (AvgIpc) is 3.80. The van der Waals surface area contributed by atoms with E-state index < -0.39 is 59.6 Å².